The van der Waals surface area contributed by atoms with Crippen LogP contribution in [0.3, 0.4) is 0 Å². The van der Waals surface area contributed by atoms with Gasteiger partial charge >= 0.3 is 0 Å². The Labute approximate surface area is 130 Å². The van der Waals surface area contributed by atoms with Gasteiger partial charge in [0.25, 0.3) is 0 Å². The molecule has 0 saturated heterocycles. The van der Waals surface area contributed by atoms with Crippen LogP contribution in [0, 0.1) is 17.7 Å². The number of nitrogens with zero attached hydrogens (tertiary/aromatic N) is 2. The number of aromatic nitrogens is 2. The van der Waals surface area contributed by atoms with Crippen molar-refractivity contribution < 1.29 is 4.39 Å². The summed E-state index contributed by atoms with van der Waals surface area (Å²) < 4.78 is 15.6. The molecule has 0 spiro atoms. The minimum absolute atomic E-state index is 0.212. The van der Waals surface area contributed by atoms with E-state index in [1.807, 2.05) is 0 Å². The van der Waals surface area contributed by atoms with E-state index in [0.29, 0.717) is 5.88 Å². The van der Waals surface area contributed by atoms with E-state index in [4.69, 9.17) is 11.6 Å². The van der Waals surface area contributed by atoms with Gasteiger partial charge in [0.2, 0.25) is 0 Å². The molecule has 0 N–H and O–H groups in total. The Morgan fingerprint density at radius 1 is 1.29 bits per heavy atom. The molecule has 1 aliphatic rings. The van der Waals surface area contributed by atoms with E-state index in [2.05, 4.69) is 16.5 Å². The van der Waals surface area contributed by atoms with Gasteiger partial charge in [-0.1, -0.05) is 32.6 Å². The highest BCUT2D eigenvalue weighted by atomic mass is 35.5. The molecule has 0 radical (unpaired) electrons. The van der Waals surface area contributed by atoms with Crippen molar-refractivity contribution >= 4 is 22.6 Å². The molecule has 0 atom stereocenters. The van der Waals surface area contributed by atoms with Gasteiger partial charge in [-0.2, -0.15) is 0 Å². The summed E-state index contributed by atoms with van der Waals surface area (Å²) >= 11 is 6.01. The fourth-order valence-corrected chi connectivity index (χ4v) is 3.63. The number of alkyl halides is 1. The summed E-state index contributed by atoms with van der Waals surface area (Å²) in [5.41, 5.74) is 1.71. The lowest BCUT2D eigenvalue weighted by Crippen LogP contribution is -2.15. The third-order valence-corrected chi connectivity index (χ3v) is 5.04. The van der Waals surface area contributed by atoms with Gasteiger partial charge in [-0.25, -0.2) is 9.37 Å². The Morgan fingerprint density at radius 2 is 2.05 bits per heavy atom. The predicted octanol–water partition coefficient (Wildman–Crippen LogP) is 5.13. The van der Waals surface area contributed by atoms with Crippen LogP contribution in [0.25, 0.3) is 11.0 Å². The van der Waals surface area contributed by atoms with E-state index in [0.717, 1.165) is 41.7 Å². The largest absolute Gasteiger partial charge is 0.327 e. The Hall–Kier alpha value is -1.09. The zero-order valence-corrected chi connectivity index (χ0v) is 13.2. The summed E-state index contributed by atoms with van der Waals surface area (Å²) in [5, 5.41) is 0. The highest BCUT2D eigenvalue weighted by Crippen LogP contribution is 2.31. The monoisotopic (exact) mass is 308 g/mol. The second-order valence-corrected chi connectivity index (χ2v) is 6.63. The van der Waals surface area contributed by atoms with Gasteiger partial charge in [-0.05, 0) is 36.5 Å². The molecule has 0 bridgehead atoms. The van der Waals surface area contributed by atoms with Crippen molar-refractivity contribution in [1.29, 1.82) is 0 Å². The number of benzene rings is 1. The molecule has 114 valence electrons. The fourth-order valence-electron chi connectivity index (χ4n) is 3.43. The first-order chi connectivity index (χ1) is 10.2. The highest BCUT2D eigenvalue weighted by molar-refractivity contribution is 6.16. The zero-order chi connectivity index (χ0) is 14.8. The standard InChI is InChI=1S/C17H22ClFN2/c1-12-2-4-13(5-3-12)8-9-21-16-10-14(19)6-7-15(16)20-17(21)11-18/h6-7,10,12-13H,2-5,8-9,11H2,1H3. The second kappa shape index (κ2) is 6.35. The number of hydrogen-bond donors (Lipinski definition) is 0. The van der Waals surface area contributed by atoms with Crippen molar-refractivity contribution in [3.63, 3.8) is 0 Å². The van der Waals surface area contributed by atoms with E-state index < -0.39 is 0 Å². The number of imidazole rings is 1. The maximum atomic E-state index is 13.5. The van der Waals surface area contributed by atoms with Gasteiger partial charge in [0.05, 0.1) is 16.9 Å². The quantitative estimate of drug-likeness (QED) is 0.716. The molecule has 1 saturated carbocycles. The van der Waals surface area contributed by atoms with Crippen molar-refractivity contribution in [2.75, 3.05) is 0 Å². The number of hydrogen-bond acceptors (Lipinski definition) is 1. The van der Waals surface area contributed by atoms with Crippen molar-refractivity contribution in [1.82, 2.24) is 9.55 Å². The maximum Gasteiger partial charge on any atom is 0.125 e. The van der Waals surface area contributed by atoms with Crippen LogP contribution in [0.1, 0.15) is 44.9 Å². The molecule has 1 aliphatic carbocycles. The van der Waals surface area contributed by atoms with Crippen LogP contribution >= 0.6 is 11.6 Å². The topological polar surface area (TPSA) is 17.8 Å². The highest BCUT2D eigenvalue weighted by Gasteiger charge is 2.19. The second-order valence-electron chi connectivity index (χ2n) is 6.36. The SMILES string of the molecule is CC1CCC(CCn2c(CCl)nc3ccc(F)cc32)CC1. The van der Waals surface area contributed by atoms with E-state index in [9.17, 15) is 4.39 Å². The van der Waals surface area contributed by atoms with Crippen LogP contribution in [-0.4, -0.2) is 9.55 Å². The van der Waals surface area contributed by atoms with Gasteiger partial charge < -0.3 is 4.57 Å². The lowest BCUT2D eigenvalue weighted by Gasteiger charge is -2.26. The van der Waals surface area contributed by atoms with Crippen molar-refractivity contribution in [3.05, 3.63) is 29.8 Å². The van der Waals surface area contributed by atoms with E-state index >= 15 is 0 Å². The molecule has 4 heteroatoms. The molecule has 1 fully saturated rings. The Morgan fingerprint density at radius 3 is 2.76 bits per heavy atom. The van der Waals surface area contributed by atoms with E-state index in [1.54, 1.807) is 12.1 Å². The molecule has 2 aromatic rings. The third-order valence-electron chi connectivity index (χ3n) is 4.81. The minimum Gasteiger partial charge on any atom is -0.327 e. The Balaban J connectivity index is 1.77. The molecule has 0 aliphatic heterocycles. The molecule has 1 aromatic heterocycles. The van der Waals surface area contributed by atoms with Crippen LogP contribution in [-0.2, 0) is 12.4 Å². The summed E-state index contributed by atoms with van der Waals surface area (Å²) in [5.74, 6) is 2.67. The van der Waals surface area contributed by atoms with Gasteiger partial charge in [0.1, 0.15) is 11.6 Å². The number of fused-ring (bicyclic) bond motifs is 1. The van der Waals surface area contributed by atoms with Crippen LogP contribution in [0.4, 0.5) is 4.39 Å². The minimum atomic E-state index is -0.212. The number of aryl methyl sites for hydroxylation is 1. The van der Waals surface area contributed by atoms with Gasteiger partial charge in [-0.3, -0.25) is 0 Å². The van der Waals surface area contributed by atoms with Gasteiger partial charge in [-0.15, -0.1) is 11.6 Å². The van der Waals surface area contributed by atoms with Crippen LogP contribution in [0.5, 0.6) is 0 Å². The normalized spacial score (nSPS) is 22.8. The van der Waals surface area contributed by atoms with Gasteiger partial charge in [0.15, 0.2) is 0 Å². The lowest BCUT2D eigenvalue weighted by molar-refractivity contribution is 0.269. The molecule has 21 heavy (non-hydrogen) atoms. The summed E-state index contributed by atoms with van der Waals surface area (Å²) in [4.78, 5) is 4.51. The third kappa shape index (κ3) is 3.23. The summed E-state index contributed by atoms with van der Waals surface area (Å²) in [7, 11) is 0. The summed E-state index contributed by atoms with van der Waals surface area (Å²) in [6.45, 7) is 3.23. The zero-order valence-electron chi connectivity index (χ0n) is 12.5. The van der Waals surface area contributed by atoms with Crippen LogP contribution in [0.15, 0.2) is 18.2 Å². The molecule has 1 aromatic carbocycles. The number of halogens is 2. The maximum absolute atomic E-state index is 13.5. The van der Waals surface area contributed by atoms with Crippen LogP contribution in [0.2, 0.25) is 0 Å². The Kier molecular flexibility index (Phi) is 4.48. The van der Waals surface area contributed by atoms with Crippen molar-refractivity contribution in [2.45, 2.75) is 51.5 Å². The van der Waals surface area contributed by atoms with Crippen LogP contribution < -0.4 is 0 Å². The molecular formula is C17H22ClFN2. The molecule has 1 heterocycles. The smallest absolute Gasteiger partial charge is 0.125 e. The van der Waals surface area contributed by atoms with Gasteiger partial charge in [0, 0.05) is 6.54 Å². The van der Waals surface area contributed by atoms with Crippen molar-refractivity contribution in [3.8, 4) is 0 Å². The lowest BCUT2D eigenvalue weighted by atomic mass is 9.81. The molecule has 3 rings (SSSR count). The molecule has 0 unspecified atom stereocenters. The fraction of sp³-hybridized carbons (Fsp3) is 0.588. The van der Waals surface area contributed by atoms with E-state index in [-0.39, 0.29) is 5.82 Å². The Bertz CT molecular complexity index is 615. The van der Waals surface area contributed by atoms with E-state index in [1.165, 1.54) is 31.7 Å². The average Bonchev–Trinajstić information content (AvgIpc) is 2.84. The average molecular weight is 309 g/mol. The van der Waals surface area contributed by atoms with Crippen molar-refractivity contribution in [2.24, 2.45) is 11.8 Å². The predicted molar refractivity (Wildman–Crippen MR) is 85.0 cm³/mol. The first-order valence-electron chi connectivity index (χ1n) is 7.88. The molecule has 2 nitrogen and oxygen atoms in total. The molecular weight excluding hydrogens is 287 g/mol. The first kappa shape index (κ1) is 14.8. The molecule has 0 amide bonds. The first-order valence-corrected chi connectivity index (χ1v) is 8.41. The summed E-state index contributed by atoms with van der Waals surface area (Å²) in [6, 6.07) is 4.76. The number of rotatable bonds is 4. The summed E-state index contributed by atoms with van der Waals surface area (Å²) in [6.07, 6.45) is 6.45.